The van der Waals surface area contributed by atoms with Crippen molar-refractivity contribution in [2.24, 2.45) is 0 Å². The second kappa shape index (κ2) is 9.02. The summed E-state index contributed by atoms with van der Waals surface area (Å²) >= 11 is 0. The number of aromatic nitrogens is 1. The van der Waals surface area contributed by atoms with Crippen LogP contribution in [0.1, 0.15) is 66.4 Å². The van der Waals surface area contributed by atoms with Gasteiger partial charge in [-0.05, 0) is 66.9 Å². The van der Waals surface area contributed by atoms with Crippen molar-refractivity contribution in [1.82, 2.24) is 15.2 Å². The van der Waals surface area contributed by atoms with Crippen molar-refractivity contribution in [1.29, 1.82) is 0 Å². The first kappa shape index (κ1) is 23.3. The molecule has 0 radical (unpaired) electrons. The Labute approximate surface area is 185 Å². The summed E-state index contributed by atoms with van der Waals surface area (Å²) in [5.74, 6) is 0.653. The fourth-order valence-electron chi connectivity index (χ4n) is 4.34. The first-order valence-electron chi connectivity index (χ1n) is 11.2. The first-order chi connectivity index (χ1) is 14.5. The molecule has 0 spiro atoms. The third-order valence-electron chi connectivity index (χ3n) is 5.61. The Bertz CT molecular complexity index is 799. The van der Waals surface area contributed by atoms with Crippen LogP contribution in [-0.2, 0) is 20.8 Å². The number of nitrogens with one attached hydrogen (secondary N) is 1. The summed E-state index contributed by atoms with van der Waals surface area (Å²) in [6, 6.07) is 3.09. The van der Waals surface area contributed by atoms with E-state index in [1.54, 1.807) is 47.7 Å². The topological polar surface area (TPSA) is 84.0 Å². The Morgan fingerprint density at radius 3 is 2.58 bits per heavy atom. The molecule has 31 heavy (non-hydrogen) atoms. The van der Waals surface area contributed by atoms with E-state index in [9.17, 15) is 9.59 Å². The van der Waals surface area contributed by atoms with Gasteiger partial charge in [0.05, 0.1) is 6.10 Å². The monoisotopic (exact) mass is 432 g/mol. The largest absolute Gasteiger partial charge is 0.444 e. The summed E-state index contributed by atoms with van der Waals surface area (Å²) in [7, 11) is 0. The molecule has 0 bridgehead atoms. The van der Waals surface area contributed by atoms with Gasteiger partial charge in [0, 0.05) is 31.4 Å². The molecule has 2 amide bonds. The number of carbonyl (C=O) groups excluding carboxylic acids is 2. The summed E-state index contributed by atoms with van der Waals surface area (Å²) in [6.07, 6.45) is 4.31. The number of hydrogen-bond donors (Lipinski definition) is 1. The quantitative estimate of drug-likeness (QED) is 0.785. The maximum absolute atomic E-state index is 13.2. The molecule has 1 aromatic heterocycles. The Kier molecular flexibility index (Phi) is 6.79. The molecular formula is C23H36N4O4. The molecule has 3 rings (SSSR count). The Morgan fingerprint density at radius 1 is 1.26 bits per heavy atom. The summed E-state index contributed by atoms with van der Waals surface area (Å²) in [5, 5.41) is 3.00. The maximum atomic E-state index is 13.2. The molecule has 0 unspecified atom stereocenters. The zero-order chi connectivity index (χ0) is 22.8. The van der Waals surface area contributed by atoms with E-state index in [1.807, 2.05) is 12.1 Å². The number of piperidine rings is 1. The van der Waals surface area contributed by atoms with Crippen molar-refractivity contribution in [3.63, 3.8) is 0 Å². The van der Waals surface area contributed by atoms with E-state index >= 15 is 0 Å². The van der Waals surface area contributed by atoms with E-state index in [4.69, 9.17) is 9.47 Å². The highest BCUT2D eigenvalue weighted by Crippen LogP contribution is 2.34. The molecule has 172 valence electrons. The van der Waals surface area contributed by atoms with Gasteiger partial charge in [-0.2, -0.15) is 0 Å². The minimum absolute atomic E-state index is 0.266. The van der Waals surface area contributed by atoms with Gasteiger partial charge in [0.15, 0.2) is 0 Å². The Morgan fingerprint density at radius 2 is 1.94 bits per heavy atom. The van der Waals surface area contributed by atoms with E-state index in [-0.39, 0.29) is 5.91 Å². The van der Waals surface area contributed by atoms with Crippen LogP contribution in [0.3, 0.4) is 0 Å². The van der Waals surface area contributed by atoms with Gasteiger partial charge in [0.1, 0.15) is 23.2 Å². The lowest BCUT2D eigenvalue weighted by atomic mass is 10.1. The molecule has 1 aromatic rings. The average molecular weight is 433 g/mol. The molecule has 2 aliphatic rings. The van der Waals surface area contributed by atoms with Crippen LogP contribution in [-0.4, -0.2) is 58.4 Å². The van der Waals surface area contributed by atoms with Gasteiger partial charge in [-0.15, -0.1) is 0 Å². The van der Waals surface area contributed by atoms with Crippen molar-refractivity contribution in [2.45, 2.75) is 90.8 Å². The predicted octanol–water partition coefficient (Wildman–Crippen LogP) is 3.45. The highest BCUT2D eigenvalue weighted by molar-refractivity contribution is 5.87. The second-order valence-electron chi connectivity index (χ2n) is 9.82. The zero-order valence-electron chi connectivity index (χ0n) is 19.6. The molecule has 2 atom stereocenters. The van der Waals surface area contributed by atoms with Crippen LogP contribution in [0.25, 0.3) is 0 Å². The van der Waals surface area contributed by atoms with E-state index in [1.165, 1.54) is 11.3 Å². The fourth-order valence-corrected chi connectivity index (χ4v) is 4.34. The normalized spacial score (nSPS) is 23.5. The van der Waals surface area contributed by atoms with Crippen LogP contribution in [0, 0.1) is 0 Å². The highest BCUT2D eigenvalue weighted by atomic mass is 16.6. The number of hydrogen-bond acceptors (Lipinski definition) is 6. The van der Waals surface area contributed by atoms with Crippen molar-refractivity contribution in [3.8, 4) is 0 Å². The summed E-state index contributed by atoms with van der Waals surface area (Å²) < 4.78 is 11.5. The Balaban J connectivity index is 1.74. The first-order valence-corrected chi connectivity index (χ1v) is 11.2. The molecule has 3 heterocycles. The molecule has 0 aromatic carbocycles. The van der Waals surface area contributed by atoms with Gasteiger partial charge >= 0.3 is 6.09 Å². The van der Waals surface area contributed by atoms with Crippen molar-refractivity contribution in [3.05, 3.63) is 23.9 Å². The van der Waals surface area contributed by atoms with Gasteiger partial charge in [-0.1, -0.05) is 6.07 Å². The third kappa shape index (κ3) is 5.47. The molecule has 8 heteroatoms. The third-order valence-corrected chi connectivity index (χ3v) is 5.61. The Hall–Kier alpha value is -2.35. The number of anilines is 1. The standard InChI is InChI=1S/C23H36N4O4/c1-16-18(27(23(5,6)30-16)21(29)31-22(2,3)4)20(28)25-15-17-11-10-12-24-19(17)26-13-8-7-9-14-26/h10-12,16,18H,7-9,13-15H2,1-6H3,(H,25,28)/t16-,18-/m1/s1. The van der Waals surface area contributed by atoms with Crippen LogP contribution >= 0.6 is 0 Å². The number of pyridine rings is 1. The van der Waals surface area contributed by atoms with Crippen LogP contribution < -0.4 is 10.2 Å². The number of carbonyl (C=O) groups is 2. The summed E-state index contributed by atoms with van der Waals surface area (Å²) in [4.78, 5) is 34.4. The fraction of sp³-hybridized carbons (Fsp3) is 0.696. The van der Waals surface area contributed by atoms with E-state index in [0.717, 1.165) is 37.3 Å². The van der Waals surface area contributed by atoms with Gasteiger partial charge in [-0.3, -0.25) is 9.69 Å². The lowest BCUT2D eigenvalue weighted by Gasteiger charge is -2.34. The van der Waals surface area contributed by atoms with Gasteiger partial charge < -0.3 is 19.7 Å². The molecule has 2 fully saturated rings. The lowest BCUT2D eigenvalue weighted by Crippen LogP contribution is -2.55. The van der Waals surface area contributed by atoms with E-state index in [0.29, 0.717) is 6.54 Å². The van der Waals surface area contributed by atoms with Crippen molar-refractivity contribution in [2.75, 3.05) is 18.0 Å². The molecule has 0 aliphatic carbocycles. The van der Waals surface area contributed by atoms with Crippen molar-refractivity contribution < 1.29 is 19.1 Å². The molecule has 8 nitrogen and oxygen atoms in total. The minimum atomic E-state index is -0.947. The summed E-state index contributed by atoms with van der Waals surface area (Å²) in [5.41, 5.74) is -0.650. The number of nitrogens with zero attached hydrogens (tertiary/aromatic N) is 3. The van der Waals surface area contributed by atoms with E-state index in [2.05, 4.69) is 15.2 Å². The van der Waals surface area contributed by atoms with E-state index < -0.39 is 29.6 Å². The molecule has 0 saturated carbocycles. The lowest BCUT2D eigenvalue weighted by molar-refractivity contribution is -0.127. The van der Waals surface area contributed by atoms with Gasteiger partial charge in [0.2, 0.25) is 5.91 Å². The molecular weight excluding hydrogens is 396 g/mol. The zero-order valence-corrected chi connectivity index (χ0v) is 19.6. The van der Waals surface area contributed by atoms with Gasteiger partial charge in [-0.25, -0.2) is 9.78 Å². The highest BCUT2D eigenvalue weighted by Gasteiger charge is 2.52. The molecule has 2 saturated heterocycles. The number of ether oxygens (including phenoxy) is 2. The smallest absolute Gasteiger partial charge is 0.413 e. The predicted molar refractivity (Wildman–Crippen MR) is 119 cm³/mol. The van der Waals surface area contributed by atoms with Crippen LogP contribution in [0.5, 0.6) is 0 Å². The SMILES string of the molecule is C[C@H]1OC(C)(C)N(C(=O)OC(C)(C)C)[C@H]1C(=O)NCc1cccnc1N1CCCCC1. The minimum Gasteiger partial charge on any atom is -0.444 e. The number of rotatable bonds is 4. The molecule has 2 aliphatic heterocycles. The van der Waals surface area contributed by atoms with Crippen LogP contribution in [0.4, 0.5) is 10.6 Å². The number of amides is 2. The maximum Gasteiger partial charge on any atom is 0.413 e. The van der Waals surface area contributed by atoms with Crippen LogP contribution in [0.15, 0.2) is 18.3 Å². The summed E-state index contributed by atoms with van der Waals surface area (Å²) in [6.45, 7) is 13.1. The second-order valence-corrected chi connectivity index (χ2v) is 9.82. The van der Waals surface area contributed by atoms with Crippen molar-refractivity contribution >= 4 is 17.8 Å². The molecule has 1 N–H and O–H groups in total. The van der Waals surface area contributed by atoms with Crippen LogP contribution in [0.2, 0.25) is 0 Å². The van der Waals surface area contributed by atoms with Gasteiger partial charge in [0.25, 0.3) is 0 Å². The average Bonchev–Trinajstić information content (AvgIpc) is 2.94.